The summed E-state index contributed by atoms with van der Waals surface area (Å²) in [6.45, 7) is 7.00. The van der Waals surface area contributed by atoms with Crippen LogP contribution in [0.2, 0.25) is 0 Å². The second-order valence-electron chi connectivity index (χ2n) is 19.9. The first-order valence-electron chi connectivity index (χ1n) is 24.4. The molecule has 0 fully saturated rings. The van der Waals surface area contributed by atoms with Gasteiger partial charge in [0.1, 0.15) is 12.0 Å². The number of aryl methyl sites for hydroxylation is 5. The van der Waals surface area contributed by atoms with Crippen LogP contribution in [-0.4, -0.2) is 26.5 Å². The highest BCUT2D eigenvalue weighted by molar-refractivity contribution is 5.86. The zero-order valence-electron chi connectivity index (χ0n) is 40.5. The van der Waals surface area contributed by atoms with E-state index in [9.17, 15) is 0 Å². The Morgan fingerprint density at radius 2 is 1.07 bits per heavy atom. The van der Waals surface area contributed by atoms with Crippen LogP contribution in [0.25, 0.3) is 67.2 Å². The predicted octanol–water partition coefficient (Wildman–Crippen LogP) is 15.0. The van der Waals surface area contributed by atoms with Gasteiger partial charge in [-0.05, 0) is 122 Å². The molecule has 0 amide bonds. The molecule has 1 aliphatic rings. The first-order valence-corrected chi connectivity index (χ1v) is 24.4. The third-order valence-electron chi connectivity index (χ3n) is 13.5. The van der Waals surface area contributed by atoms with Crippen LogP contribution in [0.5, 0.6) is 0 Å². The van der Waals surface area contributed by atoms with E-state index in [1.54, 1.807) is 0 Å². The second-order valence-corrected chi connectivity index (χ2v) is 19.9. The Hall–Kier alpha value is -7.76. The maximum Gasteiger partial charge on any atom is 0.139 e. The minimum absolute atomic E-state index is 0.0615. The number of nitrogens with zero attached hydrogens (tertiary/aromatic N) is 4. The predicted molar refractivity (Wildman–Crippen MR) is 287 cm³/mol. The van der Waals surface area contributed by atoms with Crippen molar-refractivity contribution >= 4 is 0 Å². The van der Waals surface area contributed by atoms with E-state index in [0.29, 0.717) is 0 Å². The molecule has 0 saturated carbocycles. The van der Waals surface area contributed by atoms with Crippen LogP contribution in [0, 0.1) is 5.41 Å². The number of aromatic nitrogens is 3. The Kier molecular flexibility index (Phi) is 12.9. The summed E-state index contributed by atoms with van der Waals surface area (Å²) in [7, 11) is 4.15. The van der Waals surface area contributed by atoms with E-state index in [0.717, 1.165) is 54.7 Å². The standard InChI is InChI=1S/C64H61N5/c1-64(2,3)43-57-42-61(55-15-11-14-54(41-55)51-32-30-50(31-33-51)49-12-7-6-8-13-49)67-44-60(57)59-17-10-9-16-58(59)56-39-47(20-18-45-22-26-52(27-23-45)62-65-34-36-68(62)4)38-48(40-56)21-19-46-24-28-53(29-25-46)63-66-35-37-69(63)5/h6-17,22-42,44,62,65H,18-21,43H2,1-5H3. The number of nitrogens with one attached hydrogen (secondary N) is 1. The van der Waals surface area contributed by atoms with Crippen LogP contribution >= 0.6 is 0 Å². The Morgan fingerprint density at radius 3 is 1.71 bits per heavy atom. The molecule has 0 radical (unpaired) electrons. The molecule has 0 saturated heterocycles. The quantitative estimate of drug-likeness (QED) is 0.118. The topological polar surface area (TPSA) is 46.0 Å². The fourth-order valence-corrected chi connectivity index (χ4v) is 9.83. The molecule has 1 N–H and O–H groups in total. The van der Waals surface area contributed by atoms with Gasteiger partial charge in [-0.15, -0.1) is 0 Å². The van der Waals surface area contributed by atoms with Gasteiger partial charge >= 0.3 is 0 Å². The number of rotatable bonds is 14. The van der Waals surface area contributed by atoms with Crippen molar-refractivity contribution in [3.05, 3.63) is 240 Å². The average molecular weight is 900 g/mol. The summed E-state index contributed by atoms with van der Waals surface area (Å²) in [5.41, 5.74) is 21.0. The summed E-state index contributed by atoms with van der Waals surface area (Å²) < 4.78 is 2.07. The molecule has 0 spiro atoms. The van der Waals surface area contributed by atoms with Gasteiger partial charge in [-0.3, -0.25) is 4.98 Å². The van der Waals surface area contributed by atoms with Crippen LogP contribution < -0.4 is 5.32 Å². The van der Waals surface area contributed by atoms with Crippen molar-refractivity contribution < 1.29 is 0 Å². The SMILES string of the molecule is CN1C=CNC1c1ccc(CCc2cc(CCc3ccc(-c4nccn4C)cc3)cc(-c3ccccc3-c3cnc(-c4cccc(-c5ccc(-c6ccccc6)cc5)c4)cc3CC(C)(C)C)c2)cc1. The Morgan fingerprint density at radius 1 is 0.493 bits per heavy atom. The molecule has 1 aliphatic heterocycles. The summed E-state index contributed by atoms with van der Waals surface area (Å²) >= 11 is 0. The zero-order chi connectivity index (χ0) is 47.3. The Labute approximate surface area is 408 Å². The van der Waals surface area contributed by atoms with Crippen LogP contribution in [0.1, 0.15) is 60.3 Å². The van der Waals surface area contributed by atoms with Gasteiger partial charge in [0.2, 0.25) is 0 Å². The number of hydrogen-bond donors (Lipinski definition) is 1. The molecule has 3 heterocycles. The number of hydrogen-bond acceptors (Lipinski definition) is 4. The van der Waals surface area contributed by atoms with Crippen molar-refractivity contribution in [2.75, 3.05) is 7.05 Å². The number of benzene rings is 7. The third kappa shape index (κ3) is 10.5. The van der Waals surface area contributed by atoms with Crippen molar-refractivity contribution in [1.82, 2.24) is 24.8 Å². The molecule has 7 aromatic carbocycles. The van der Waals surface area contributed by atoms with Gasteiger partial charge in [-0.25, -0.2) is 4.98 Å². The summed E-state index contributed by atoms with van der Waals surface area (Å²) in [6, 6.07) is 65.0. The molecular formula is C64H61N5. The van der Waals surface area contributed by atoms with Gasteiger partial charge in [-0.2, -0.15) is 0 Å². The van der Waals surface area contributed by atoms with Crippen LogP contribution in [-0.2, 0) is 39.2 Å². The van der Waals surface area contributed by atoms with E-state index in [2.05, 4.69) is 236 Å². The van der Waals surface area contributed by atoms with Crippen LogP contribution in [0.3, 0.4) is 0 Å². The summed E-state index contributed by atoms with van der Waals surface area (Å²) in [6.07, 6.45) is 15.0. The van der Waals surface area contributed by atoms with Crippen molar-refractivity contribution in [2.45, 2.75) is 59.0 Å². The number of imidazole rings is 1. The van der Waals surface area contributed by atoms with Crippen molar-refractivity contribution in [1.29, 1.82) is 0 Å². The molecular weight excluding hydrogens is 839 g/mol. The van der Waals surface area contributed by atoms with Gasteiger partial charge in [-0.1, -0.05) is 185 Å². The molecule has 5 nitrogen and oxygen atoms in total. The number of pyridine rings is 1. The van der Waals surface area contributed by atoms with Gasteiger partial charge in [0.25, 0.3) is 0 Å². The van der Waals surface area contributed by atoms with Crippen molar-refractivity contribution in [3.63, 3.8) is 0 Å². The third-order valence-corrected chi connectivity index (χ3v) is 13.5. The molecule has 5 heteroatoms. The van der Waals surface area contributed by atoms with E-state index in [-0.39, 0.29) is 11.6 Å². The lowest BCUT2D eigenvalue weighted by atomic mass is 9.83. The summed E-state index contributed by atoms with van der Waals surface area (Å²) in [5, 5.41) is 3.45. The zero-order valence-corrected chi connectivity index (χ0v) is 40.5. The fraction of sp³-hybridized carbons (Fsp3) is 0.188. The molecule has 0 bridgehead atoms. The van der Waals surface area contributed by atoms with Gasteiger partial charge < -0.3 is 14.8 Å². The monoisotopic (exact) mass is 899 g/mol. The molecule has 10 rings (SSSR count). The van der Waals surface area contributed by atoms with E-state index in [1.807, 2.05) is 25.6 Å². The van der Waals surface area contributed by atoms with Crippen molar-refractivity contribution in [2.24, 2.45) is 12.5 Å². The van der Waals surface area contributed by atoms with Gasteiger partial charge in [0.15, 0.2) is 0 Å². The van der Waals surface area contributed by atoms with E-state index in [1.165, 1.54) is 77.9 Å². The molecule has 1 atom stereocenters. The fourth-order valence-electron chi connectivity index (χ4n) is 9.83. The highest BCUT2D eigenvalue weighted by atomic mass is 15.3. The minimum atomic E-state index is 0.0615. The lowest BCUT2D eigenvalue weighted by molar-refractivity contribution is 0.340. The second kappa shape index (κ2) is 19.8. The Balaban J connectivity index is 0.967. The summed E-state index contributed by atoms with van der Waals surface area (Å²) in [4.78, 5) is 12.0. The maximum atomic E-state index is 5.25. The smallest absolute Gasteiger partial charge is 0.139 e. The van der Waals surface area contributed by atoms with E-state index in [4.69, 9.17) is 4.98 Å². The van der Waals surface area contributed by atoms with Crippen LogP contribution in [0.4, 0.5) is 0 Å². The molecule has 1 unspecified atom stereocenters. The normalized spacial score (nSPS) is 13.5. The first-order chi connectivity index (χ1) is 33.6. The molecule has 9 aromatic rings. The van der Waals surface area contributed by atoms with Gasteiger partial charge in [0, 0.05) is 61.8 Å². The molecule has 69 heavy (non-hydrogen) atoms. The lowest BCUT2D eigenvalue weighted by Gasteiger charge is -2.22. The van der Waals surface area contributed by atoms with Crippen LogP contribution in [0.15, 0.2) is 207 Å². The highest BCUT2D eigenvalue weighted by Gasteiger charge is 2.20. The lowest BCUT2D eigenvalue weighted by Crippen LogP contribution is -2.23. The molecule has 2 aromatic heterocycles. The highest BCUT2D eigenvalue weighted by Crippen LogP contribution is 2.39. The molecule has 342 valence electrons. The van der Waals surface area contributed by atoms with Crippen molar-refractivity contribution in [3.8, 4) is 67.2 Å². The Bertz CT molecular complexity index is 3210. The van der Waals surface area contributed by atoms with E-state index >= 15 is 0 Å². The first kappa shape index (κ1) is 45.0. The average Bonchev–Trinajstić information content (AvgIpc) is 4.02. The largest absolute Gasteiger partial charge is 0.366 e. The maximum absolute atomic E-state index is 5.25. The minimum Gasteiger partial charge on any atom is -0.366 e. The van der Waals surface area contributed by atoms with E-state index < -0.39 is 0 Å². The summed E-state index contributed by atoms with van der Waals surface area (Å²) in [5.74, 6) is 0.984. The molecule has 0 aliphatic carbocycles. The van der Waals surface area contributed by atoms with Gasteiger partial charge in [0.05, 0.1) is 5.69 Å².